The summed E-state index contributed by atoms with van der Waals surface area (Å²) in [6.45, 7) is 3.67. The fourth-order valence-electron chi connectivity index (χ4n) is 2.56. The Labute approximate surface area is 129 Å². The van der Waals surface area contributed by atoms with Crippen molar-refractivity contribution in [3.8, 4) is 5.75 Å². The molecule has 0 radical (unpaired) electrons. The van der Waals surface area contributed by atoms with E-state index in [0.29, 0.717) is 18.5 Å². The Hall–Kier alpha value is -2.37. The zero-order valence-corrected chi connectivity index (χ0v) is 12.7. The predicted molar refractivity (Wildman–Crippen MR) is 80.5 cm³/mol. The molecule has 1 N–H and O–H groups in total. The third-order valence-electron chi connectivity index (χ3n) is 3.75. The molecule has 0 saturated carbocycles. The van der Waals surface area contributed by atoms with Gasteiger partial charge in [0.05, 0.1) is 6.54 Å². The zero-order valence-electron chi connectivity index (χ0n) is 12.7. The molecule has 0 spiro atoms. The van der Waals surface area contributed by atoms with Crippen LogP contribution in [0.3, 0.4) is 0 Å². The van der Waals surface area contributed by atoms with Gasteiger partial charge < -0.3 is 19.7 Å². The molecular formula is C16H20N2O4. The van der Waals surface area contributed by atoms with E-state index in [1.54, 1.807) is 6.07 Å². The number of aryl methyl sites for hydroxylation is 1. The minimum atomic E-state index is -0.581. The fraction of sp³-hybridized carbons (Fsp3) is 0.438. The number of nitrogens with zero attached hydrogens (tertiary/aromatic N) is 1. The van der Waals surface area contributed by atoms with E-state index in [9.17, 15) is 14.4 Å². The Kier molecular flexibility index (Phi) is 5.14. The third kappa shape index (κ3) is 3.63. The summed E-state index contributed by atoms with van der Waals surface area (Å²) >= 11 is 0. The van der Waals surface area contributed by atoms with Gasteiger partial charge in [0.1, 0.15) is 18.1 Å². The van der Waals surface area contributed by atoms with Gasteiger partial charge in [-0.1, -0.05) is 18.2 Å². The van der Waals surface area contributed by atoms with E-state index in [1.165, 1.54) is 4.90 Å². The maximum absolute atomic E-state index is 12.1. The van der Waals surface area contributed by atoms with E-state index in [1.807, 2.05) is 32.0 Å². The van der Waals surface area contributed by atoms with Crippen LogP contribution in [0.15, 0.2) is 24.3 Å². The molecule has 0 aliphatic carbocycles. The molecule has 0 aromatic heterocycles. The van der Waals surface area contributed by atoms with Gasteiger partial charge >= 0.3 is 0 Å². The van der Waals surface area contributed by atoms with E-state index in [0.717, 1.165) is 5.56 Å². The lowest BCUT2D eigenvalue weighted by Crippen LogP contribution is -2.43. The number of amides is 2. The largest absolute Gasteiger partial charge is 0.484 e. The average Bonchev–Trinajstić information content (AvgIpc) is 2.74. The van der Waals surface area contributed by atoms with E-state index in [4.69, 9.17) is 4.74 Å². The second-order valence-electron chi connectivity index (χ2n) is 5.42. The average molecular weight is 304 g/mol. The highest BCUT2D eigenvalue weighted by Gasteiger charge is 2.37. The summed E-state index contributed by atoms with van der Waals surface area (Å²) in [5.41, 5.74) is 0.943. The molecular weight excluding hydrogens is 284 g/mol. The van der Waals surface area contributed by atoms with Crippen LogP contribution in [0.2, 0.25) is 0 Å². The van der Waals surface area contributed by atoms with Crippen LogP contribution in [0.4, 0.5) is 0 Å². The van der Waals surface area contributed by atoms with Crippen molar-refractivity contribution in [3.05, 3.63) is 29.8 Å². The number of hydrogen-bond acceptors (Lipinski definition) is 4. The molecule has 1 aromatic rings. The van der Waals surface area contributed by atoms with Crippen molar-refractivity contribution in [2.45, 2.75) is 32.4 Å². The van der Waals surface area contributed by atoms with Gasteiger partial charge in [-0.15, -0.1) is 0 Å². The summed E-state index contributed by atoms with van der Waals surface area (Å²) in [5, 5.41) is 2.67. The van der Waals surface area contributed by atoms with Crippen molar-refractivity contribution in [1.29, 1.82) is 0 Å². The standard InChI is InChI=1S/C16H20N2O4/c1-11-5-3-4-6-14(11)22-10-15(20)17-13-9-12(2)18(7-8-19)16(13)21/h3-6,8,12-13H,7,9-10H2,1-2H3,(H,17,20). The molecule has 6 nitrogen and oxygen atoms in total. The van der Waals surface area contributed by atoms with Crippen LogP contribution in [0.5, 0.6) is 5.75 Å². The zero-order chi connectivity index (χ0) is 16.1. The molecule has 2 rings (SSSR count). The smallest absolute Gasteiger partial charge is 0.258 e. The van der Waals surface area contributed by atoms with Crippen molar-refractivity contribution < 1.29 is 19.1 Å². The number of ether oxygens (including phenoxy) is 1. The van der Waals surface area contributed by atoms with Crippen LogP contribution in [0, 0.1) is 6.92 Å². The second kappa shape index (κ2) is 7.06. The second-order valence-corrected chi connectivity index (χ2v) is 5.42. The van der Waals surface area contributed by atoms with Crippen molar-refractivity contribution in [1.82, 2.24) is 10.2 Å². The van der Waals surface area contributed by atoms with Crippen LogP contribution < -0.4 is 10.1 Å². The topological polar surface area (TPSA) is 75.7 Å². The van der Waals surface area contributed by atoms with Gasteiger partial charge in [0, 0.05) is 6.04 Å². The minimum absolute atomic E-state index is 0.0553. The number of rotatable bonds is 6. The Morgan fingerprint density at radius 3 is 2.86 bits per heavy atom. The number of aldehydes is 1. The molecule has 22 heavy (non-hydrogen) atoms. The molecule has 1 heterocycles. The first kappa shape index (κ1) is 16.0. The van der Waals surface area contributed by atoms with Crippen LogP contribution in [0.1, 0.15) is 18.9 Å². The molecule has 0 bridgehead atoms. The first-order valence-corrected chi connectivity index (χ1v) is 7.25. The van der Waals surface area contributed by atoms with Gasteiger partial charge in [0.15, 0.2) is 6.61 Å². The monoisotopic (exact) mass is 304 g/mol. The van der Waals surface area contributed by atoms with Crippen LogP contribution >= 0.6 is 0 Å². The fourth-order valence-corrected chi connectivity index (χ4v) is 2.56. The summed E-state index contributed by atoms with van der Waals surface area (Å²) < 4.78 is 5.45. The maximum Gasteiger partial charge on any atom is 0.258 e. The highest BCUT2D eigenvalue weighted by molar-refractivity contribution is 5.90. The molecule has 1 aliphatic rings. The first-order valence-electron chi connectivity index (χ1n) is 7.25. The number of likely N-dealkylation sites (tertiary alicyclic amines) is 1. The Morgan fingerprint density at radius 2 is 2.18 bits per heavy atom. The maximum atomic E-state index is 12.1. The number of nitrogens with one attached hydrogen (secondary N) is 1. The van der Waals surface area contributed by atoms with Crippen LogP contribution in [0.25, 0.3) is 0 Å². The number of benzene rings is 1. The summed E-state index contributed by atoms with van der Waals surface area (Å²) in [4.78, 5) is 36.0. The number of para-hydroxylation sites is 1. The highest BCUT2D eigenvalue weighted by Crippen LogP contribution is 2.18. The Morgan fingerprint density at radius 1 is 1.45 bits per heavy atom. The summed E-state index contributed by atoms with van der Waals surface area (Å²) in [7, 11) is 0. The molecule has 1 aliphatic heterocycles. The molecule has 1 aromatic carbocycles. The van der Waals surface area contributed by atoms with Crippen molar-refractivity contribution in [3.63, 3.8) is 0 Å². The first-order chi connectivity index (χ1) is 10.5. The normalized spacial score (nSPS) is 20.8. The molecule has 6 heteroatoms. The summed E-state index contributed by atoms with van der Waals surface area (Å²) in [6.07, 6.45) is 1.20. The molecule has 1 saturated heterocycles. The number of carbonyl (C=O) groups excluding carboxylic acids is 3. The van der Waals surface area contributed by atoms with Gasteiger partial charge in [-0.2, -0.15) is 0 Å². The van der Waals surface area contributed by atoms with Gasteiger partial charge in [-0.05, 0) is 31.9 Å². The molecule has 118 valence electrons. The molecule has 1 fully saturated rings. The van der Waals surface area contributed by atoms with E-state index in [-0.39, 0.29) is 31.0 Å². The minimum Gasteiger partial charge on any atom is -0.484 e. The van der Waals surface area contributed by atoms with Gasteiger partial charge in [-0.25, -0.2) is 0 Å². The van der Waals surface area contributed by atoms with Crippen LogP contribution in [-0.2, 0) is 14.4 Å². The van der Waals surface area contributed by atoms with Gasteiger partial charge in [-0.3, -0.25) is 9.59 Å². The van der Waals surface area contributed by atoms with Gasteiger partial charge in [0.2, 0.25) is 5.91 Å². The van der Waals surface area contributed by atoms with Crippen LogP contribution in [-0.4, -0.2) is 48.2 Å². The van der Waals surface area contributed by atoms with Crippen molar-refractivity contribution >= 4 is 18.1 Å². The Balaban J connectivity index is 1.86. The van der Waals surface area contributed by atoms with Crippen molar-refractivity contribution in [2.24, 2.45) is 0 Å². The number of carbonyl (C=O) groups is 3. The molecule has 2 amide bonds. The lowest BCUT2D eigenvalue weighted by Gasteiger charge is -2.18. The van der Waals surface area contributed by atoms with E-state index < -0.39 is 6.04 Å². The number of hydrogen-bond donors (Lipinski definition) is 1. The Bertz CT molecular complexity index is 573. The predicted octanol–water partition coefficient (Wildman–Crippen LogP) is 0.678. The lowest BCUT2D eigenvalue weighted by molar-refractivity contribution is -0.134. The lowest BCUT2D eigenvalue weighted by atomic mass is 10.2. The SMILES string of the molecule is Cc1ccccc1OCC(=O)NC1CC(C)N(CC=O)C1=O. The summed E-state index contributed by atoms with van der Waals surface area (Å²) in [5.74, 6) is 0.0805. The quantitative estimate of drug-likeness (QED) is 0.784. The molecule has 2 unspecified atom stereocenters. The highest BCUT2D eigenvalue weighted by atomic mass is 16.5. The molecule has 2 atom stereocenters. The summed E-state index contributed by atoms with van der Waals surface area (Å²) in [6, 6.07) is 6.77. The van der Waals surface area contributed by atoms with E-state index >= 15 is 0 Å². The van der Waals surface area contributed by atoms with Crippen molar-refractivity contribution in [2.75, 3.05) is 13.2 Å². The van der Waals surface area contributed by atoms with Gasteiger partial charge in [0.25, 0.3) is 5.91 Å². The third-order valence-corrected chi connectivity index (χ3v) is 3.75. The van der Waals surface area contributed by atoms with E-state index in [2.05, 4.69) is 5.32 Å².